The first-order valence-electron chi connectivity index (χ1n) is 11.4. The molecule has 0 saturated carbocycles. The van der Waals surface area contributed by atoms with E-state index in [4.69, 9.17) is 4.74 Å². The van der Waals surface area contributed by atoms with Gasteiger partial charge in [-0.25, -0.2) is 18.2 Å². The smallest absolute Gasteiger partial charge is 0.334 e. The van der Waals surface area contributed by atoms with Crippen molar-refractivity contribution in [2.75, 3.05) is 12.0 Å². The van der Waals surface area contributed by atoms with Crippen LogP contribution >= 0.6 is 0 Å². The Morgan fingerprint density at radius 3 is 2.11 bits per heavy atom. The van der Waals surface area contributed by atoms with Crippen molar-refractivity contribution in [3.05, 3.63) is 90.1 Å². The molecule has 37 heavy (non-hydrogen) atoms. The van der Waals surface area contributed by atoms with Gasteiger partial charge >= 0.3 is 5.97 Å². The van der Waals surface area contributed by atoms with Crippen molar-refractivity contribution in [2.45, 2.75) is 12.5 Å². The molecule has 0 radical (unpaired) electrons. The quantitative estimate of drug-likeness (QED) is 0.209. The van der Waals surface area contributed by atoms with Gasteiger partial charge in [0.05, 0.1) is 39.8 Å². The molecule has 1 aromatic heterocycles. The summed E-state index contributed by atoms with van der Waals surface area (Å²) in [6.45, 7) is 0. The summed E-state index contributed by atoms with van der Waals surface area (Å²) in [5.41, 5.74) is 3.20. The Balaban J connectivity index is 1.38. The zero-order chi connectivity index (χ0) is 26.2. The predicted octanol–water partition coefficient (Wildman–Crippen LogP) is 3.30. The van der Waals surface area contributed by atoms with Gasteiger partial charge < -0.3 is 4.74 Å². The number of imide groups is 1. The van der Waals surface area contributed by atoms with Crippen LogP contribution in [0.2, 0.25) is 0 Å². The molecular formula is C27H21N3O6S. The zero-order valence-corrected chi connectivity index (χ0v) is 20.5. The summed E-state index contributed by atoms with van der Waals surface area (Å²) in [6, 6.07) is 18.8. The van der Waals surface area contributed by atoms with E-state index >= 15 is 0 Å². The van der Waals surface area contributed by atoms with Gasteiger partial charge in [0.1, 0.15) is 21.6 Å². The summed E-state index contributed by atoms with van der Waals surface area (Å²) in [6.07, 6.45) is 2.38. The lowest BCUT2D eigenvalue weighted by molar-refractivity contribution is -0.138. The monoisotopic (exact) mass is 515 g/mol. The van der Waals surface area contributed by atoms with Crippen LogP contribution in [0.4, 0.5) is 0 Å². The van der Waals surface area contributed by atoms with Gasteiger partial charge in [-0.05, 0) is 55.0 Å². The molecule has 0 saturated heterocycles. The number of nitrogens with zero attached hydrogens (tertiary/aromatic N) is 3. The highest BCUT2D eigenvalue weighted by atomic mass is 32.2. The summed E-state index contributed by atoms with van der Waals surface area (Å²) < 4.78 is 29.1. The number of fused-ring (bicyclic) bond motifs is 2. The second-order valence-electron chi connectivity index (χ2n) is 8.65. The number of rotatable bonds is 7. The molecule has 4 aromatic rings. The third-order valence-electron chi connectivity index (χ3n) is 5.99. The second kappa shape index (κ2) is 9.55. The van der Waals surface area contributed by atoms with Crippen LogP contribution in [0, 0.1) is 0 Å². The fourth-order valence-electron chi connectivity index (χ4n) is 4.14. The van der Waals surface area contributed by atoms with Crippen molar-refractivity contribution in [2.24, 2.45) is 0 Å². The molecule has 0 aliphatic carbocycles. The number of hydrogen-bond acceptors (Lipinski definition) is 8. The lowest BCUT2D eigenvalue weighted by atomic mass is 10.1. The van der Waals surface area contributed by atoms with Crippen molar-refractivity contribution in [3.63, 3.8) is 0 Å². The van der Waals surface area contributed by atoms with E-state index in [9.17, 15) is 22.8 Å². The first kappa shape index (κ1) is 24.3. The minimum atomic E-state index is -3.48. The van der Waals surface area contributed by atoms with Crippen LogP contribution in [0.15, 0.2) is 79.0 Å². The van der Waals surface area contributed by atoms with E-state index < -0.39 is 39.4 Å². The number of carbonyl (C=O) groups excluding carboxylic acids is 3. The Kier molecular flexibility index (Phi) is 6.26. The van der Waals surface area contributed by atoms with Gasteiger partial charge in [0.15, 0.2) is 0 Å². The van der Waals surface area contributed by atoms with E-state index in [1.807, 2.05) is 24.3 Å². The minimum absolute atomic E-state index is 0.158. The van der Waals surface area contributed by atoms with Gasteiger partial charge in [0, 0.05) is 11.8 Å². The van der Waals surface area contributed by atoms with Crippen molar-refractivity contribution in [1.82, 2.24) is 14.9 Å². The molecule has 3 aromatic carbocycles. The largest absolute Gasteiger partial charge is 0.425 e. The highest BCUT2D eigenvalue weighted by molar-refractivity contribution is 7.90. The second-order valence-corrected chi connectivity index (χ2v) is 10.9. The van der Waals surface area contributed by atoms with Crippen molar-refractivity contribution < 1.29 is 27.5 Å². The standard InChI is InChI=1S/C27H21N3O6S/c1-37(34,35)15-14-24(30-25(31)19-6-2-3-7-20(19)26(30)32)27(33)36-18-12-10-17(11-13-18)23-16-28-21-8-4-5-9-22(21)29-23/h2-13,16,24H,14-15H2,1H3/t24-/m1/s1. The normalized spacial score (nSPS) is 14.0. The molecule has 0 unspecified atom stereocenters. The SMILES string of the molecule is CS(=O)(=O)CC[C@H](C(=O)Oc1ccc(-c2cnc3ccccc3n2)cc1)N1C(=O)c2ccccc2C1=O. The number of sulfone groups is 1. The number of hydrogen-bond donors (Lipinski definition) is 0. The average molecular weight is 516 g/mol. The number of benzene rings is 3. The molecular weight excluding hydrogens is 494 g/mol. The molecule has 0 bridgehead atoms. The van der Waals surface area contributed by atoms with E-state index in [0.29, 0.717) is 5.69 Å². The number of amides is 2. The van der Waals surface area contributed by atoms with Crippen LogP contribution in [0.5, 0.6) is 5.75 Å². The Morgan fingerprint density at radius 1 is 0.892 bits per heavy atom. The number of para-hydroxylation sites is 2. The van der Waals surface area contributed by atoms with Gasteiger partial charge in [-0.3, -0.25) is 19.5 Å². The van der Waals surface area contributed by atoms with Crippen LogP contribution in [0.1, 0.15) is 27.1 Å². The van der Waals surface area contributed by atoms with Crippen molar-refractivity contribution in [1.29, 1.82) is 0 Å². The first-order valence-corrected chi connectivity index (χ1v) is 13.5. The molecule has 1 aliphatic heterocycles. The summed E-state index contributed by atoms with van der Waals surface area (Å²) in [5, 5.41) is 0. The molecule has 0 fully saturated rings. The van der Waals surface area contributed by atoms with E-state index in [1.54, 1.807) is 42.6 Å². The molecule has 1 atom stereocenters. The fraction of sp³-hybridized carbons (Fsp3) is 0.148. The molecule has 186 valence electrons. The molecule has 5 rings (SSSR count). The maximum Gasteiger partial charge on any atom is 0.334 e. The van der Waals surface area contributed by atoms with Gasteiger partial charge in [-0.2, -0.15) is 0 Å². The molecule has 1 aliphatic rings. The van der Waals surface area contributed by atoms with Gasteiger partial charge in [-0.1, -0.05) is 24.3 Å². The summed E-state index contributed by atoms with van der Waals surface area (Å²) in [5.74, 6) is -2.47. The lowest BCUT2D eigenvalue weighted by Crippen LogP contribution is -2.47. The van der Waals surface area contributed by atoms with Crippen LogP contribution in [0.25, 0.3) is 22.3 Å². The highest BCUT2D eigenvalue weighted by Crippen LogP contribution is 2.28. The Hall–Kier alpha value is -4.44. The Labute approximate surface area is 212 Å². The third-order valence-corrected chi connectivity index (χ3v) is 6.97. The minimum Gasteiger partial charge on any atom is -0.425 e. The predicted molar refractivity (Wildman–Crippen MR) is 136 cm³/mol. The Morgan fingerprint density at radius 2 is 1.49 bits per heavy atom. The number of aromatic nitrogens is 2. The summed E-state index contributed by atoms with van der Waals surface area (Å²) in [7, 11) is -3.48. The molecule has 2 amide bonds. The van der Waals surface area contributed by atoms with Gasteiger partial charge in [0.25, 0.3) is 11.8 Å². The van der Waals surface area contributed by atoms with Gasteiger partial charge in [0.2, 0.25) is 0 Å². The highest BCUT2D eigenvalue weighted by Gasteiger charge is 2.43. The zero-order valence-electron chi connectivity index (χ0n) is 19.7. The van der Waals surface area contributed by atoms with E-state index in [-0.39, 0.29) is 23.3 Å². The van der Waals surface area contributed by atoms with Gasteiger partial charge in [-0.15, -0.1) is 0 Å². The van der Waals surface area contributed by atoms with Crippen LogP contribution in [-0.2, 0) is 14.6 Å². The Bertz CT molecular complexity index is 1620. The average Bonchev–Trinajstić information content (AvgIpc) is 3.14. The van der Waals surface area contributed by atoms with E-state index in [0.717, 1.165) is 27.8 Å². The summed E-state index contributed by atoms with van der Waals surface area (Å²) >= 11 is 0. The summed E-state index contributed by atoms with van der Waals surface area (Å²) in [4.78, 5) is 48.9. The van der Waals surface area contributed by atoms with Crippen LogP contribution in [-0.4, -0.2) is 59.1 Å². The molecule has 2 heterocycles. The number of ether oxygens (including phenoxy) is 1. The first-order chi connectivity index (χ1) is 17.7. The molecule has 9 nitrogen and oxygen atoms in total. The maximum atomic E-state index is 13.2. The lowest BCUT2D eigenvalue weighted by Gasteiger charge is -2.24. The van der Waals surface area contributed by atoms with Crippen LogP contribution in [0.3, 0.4) is 0 Å². The van der Waals surface area contributed by atoms with E-state index in [1.165, 1.54) is 12.1 Å². The van der Waals surface area contributed by atoms with Crippen molar-refractivity contribution in [3.8, 4) is 17.0 Å². The third kappa shape index (κ3) is 4.96. The fourth-order valence-corrected chi connectivity index (χ4v) is 4.79. The molecule has 0 spiro atoms. The van der Waals surface area contributed by atoms with E-state index in [2.05, 4.69) is 9.97 Å². The molecule has 10 heteroatoms. The van der Waals surface area contributed by atoms with Crippen LogP contribution < -0.4 is 4.74 Å². The van der Waals surface area contributed by atoms with Crippen molar-refractivity contribution >= 4 is 38.7 Å². The molecule has 0 N–H and O–H groups in total. The maximum absolute atomic E-state index is 13.2. The number of carbonyl (C=O) groups is 3. The number of esters is 1. The topological polar surface area (TPSA) is 124 Å².